The molecule has 0 radical (unpaired) electrons. The van der Waals surface area contributed by atoms with Crippen LogP contribution in [0.1, 0.15) is 47.5 Å². The van der Waals surface area contributed by atoms with E-state index in [-0.39, 0.29) is 31.3 Å². The number of carboxylic acid groups (broad SMARTS) is 1. The summed E-state index contributed by atoms with van der Waals surface area (Å²) in [4.78, 5) is 26.7. The lowest BCUT2D eigenvalue weighted by molar-refractivity contribution is -0.137. The average molecular weight is 297 g/mol. The summed E-state index contributed by atoms with van der Waals surface area (Å²) < 4.78 is 0. The Hall–Kier alpha value is -1.77. The van der Waals surface area contributed by atoms with E-state index in [0.29, 0.717) is 13.1 Å². The van der Waals surface area contributed by atoms with Crippen LogP contribution in [0.5, 0.6) is 0 Å². The van der Waals surface area contributed by atoms with Crippen LogP contribution in [0.3, 0.4) is 0 Å². The van der Waals surface area contributed by atoms with Crippen molar-refractivity contribution in [3.8, 4) is 6.07 Å². The van der Waals surface area contributed by atoms with Gasteiger partial charge in [0.2, 0.25) is 0 Å². The Morgan fingerprint density at radius 2 is 1.81 bits per heavy atom. The maximum atomic E-state index is 12.7. The maximum absolute atomic E-state index is 12.7. The van der Waals surface area contributed by atoms with E-state index < -0.39 is 11.5 Å². The summed E-state index contributed by atoms with van der Waals surface area (Å²) in [6.45, 7) is 10.7. The summed E-state index contributed by atoms with van der Waals surface area (Å²) in [5.41, 5.74) is -0.464. The van der Waals surface area contributed by atoms with Crippen molar-refractivity contribution < 1.29 is 14.7 Å². The smallest absolute Gasteiger partial charge is 0.320 e. The van der Waals surface area contributed by atoms with Crippen LogP contribution in [0, 0.1) is 17.2 Å². The second-order valence-electron chi connectivity index (χ2n) is 6.50. The Labute approximate surface area is 127 Å². The van der Waals surface area contributed by atoms with Crippen molar-refractivity contribution in [1.82, 2.24) is 9.80 Å². The van der Waals surface area contributed by atoms with E-state index in [4.69, 9.17) is 10.4 Å². The van der Waals surface area contributed by atoms with Gasteiger partial charge in [-0.2, -0.15) is 5.26 Å². The highest BCUT2D eigenvalue weighted by Gasteiger charge is 2.30. The Kier molecular flexibility index (Phi) is 7.79. The molecular weight excluding hydrogens is 270 g/mol. The summed E-state index contributed by atoms with van der Waals surface area (Å²) in [5, 5.41) is 17.6. The van der Waals surface area contributed by atoms with Gasteiger partial charge in [0.1, 0.15) is 0 Å². The zero-order valence-electron chi connectivity index (χ0n) is 13.7. The Morgan fingerprint density at radius 3 is 2.19 bits per heavy atom. The number of aliphatic carboxylic acids is 1. The molecule has 0 atom stereocenters. The number of hydrogen-bond acceptors (Lipinski definition) is 3. The van der Waals surface area contributed by atoms with Crippen LogP contribution in [-0.4, -0.2) is 52.1 Å². The van der Waals surface area contributed by atoms with Crippen molar-refractivity contribution in [3.05, 3.63) is 0 Å². The summed E-state index contributed by atoms with van der Waals surface area (Å²) in [7, 11) is 0. The fraction of sp³-hybridized carbons (Fsp3) is 0.800. The molecular formula is C15H27N3O3. The van der Waals surface area contributed by atoms with E-state index in [9.17, 15) is 9.59 Å². The third kappa shape index (κ3) is 7.54. The maximum Gasteiger partial charge on any atom is 0.320 e. The molecule has 120 valence electrons. The van der Waals surface area contributed by atoms with Gasteiger partial charge in [-0.3, -0.25) is 4.79 Å². The molecule has 0 rings (SSSR count). The number of amides is 2. The van der Waals surface area contributed by atoms with Gasteiger partial charge in [-0.15, -0.1) is 0 Å². The van der Waals surface area contributed by atoms with Crippen LogP contribution < -0.4 is 0 Å². The standard InChI is InChI=1S/C15H27N3O3/c1-12(2)11-17(9-6-8-16)14(21)18(15(3,4)5)10-7-13(19)20/h12H,6-7,9-11H2,1-5H3,(H,19,20). The first-order chi connectivity index (χ1) is 9.59. The fourth-order valence-corrected chi connectivity index (χ4v) is 1.99. The van der Waals surface area contributed by atoms with E-state index >= 15 is 0 Å². The molecule has 0 aliphatic heterocycles. The van der Waals surface area contributed by atoms with Crippen molar-refractivity contribution in [2.45, 2.75) is 53.0 Å². The number of rotatable bonds is 7. The van der Waals surface area contributed by atoms with Crippen molar-refractivity contribution in [2.75, 3.05) is 19.6 Å². The number of carbonyl (C=O) groups excluding carboxylic acids is 1. The molecule has 0 aliphatic rings. The lowest BCUT2D eigenvalue weighted by atomic mass is 10.1. The molecule has 21 heavy (non-hydrogen) atoms. The molecule has 0 bridgehead atoms. The molecule has 0 saturated heterocycles. The summed E-state index contributed by atoms with van der Waals surface area (Å²) in [5.74, 6) is -0.640. The van der Waals surface area contributed by atoms with E-state index in [2.05, 4.69) is 0 Å². The number of urea groups is 1. The van der Waals surface area contributed by atoms with Crippen molar-refractivity contribution in [2.24, 2.45) is 5.92 Å². The predicted molar refractivity (Wildman–Crippen MR) is 80.7 cm³/mol. The normalized spacial score (nSPS) is 11.1. The molecule has 1 N–H and O–H groups in total. The summed E-state index contributed by atoms with van der Waals surface area (Å²) >= 11 is 0. The molecule has 6 nitrogen and oxygen atoms in total. The number of carbonyl (C=O) groups is 2. The second-order valence-corrected chi connectivity index (χ2v) is 6.50. The highest BCUT2D eigenvalue weighted by Crippen LogP contribution is 2.17. The minimum absolute atomic E-state index is 0.0865. The summed E-state index contributed by atoms with van der Waals surface area (Å²) in [6.07, 6.45) is 0.187. The first-order valence-electron chi connectivity index (χ1n) is 7.25. The van der Waals surface area contributed by atoms with Gasteiger partial charge < -0.3 is 14.9 Å². The van der Waals surface area contributed by atoms with Crippen LogP contribution in [0.4, 0.5) is 4.79 Å². The molecule has 0 unspecified atom stereocenters. The first kappa shape index (κ1) is 19.2. The van der Waals surface area contributed by atoms with E-state index in [1.54, 1.807) is 9.80 Å². The third-order valence-corrected chi connectivity index (χ3v) is 2.94. The second kappa shape index (κ2) is 8.50. The molecule has 6 heteroatoms. The minimum atomic E-state index is -0.926. The minimum Gasteiger partial charge on any atom is -0.481 e. The van der Waals surface area contributed by atoms with E-state index in [1.807, 2.05) is 40.7 Å². The molecule has 0 aromatic rings. The van der Waals surface area contributed by atoms with Crippen molar-refractivity contribution >= 4 is 12.0 Å². The van der Waals surface area contributed by atoms with Crippen molar-refractivity contribution in [1.29, 1.82) is 5.26 Å². The molecule has 0 saturated carbocycles. The zero-order chi connectivity index (χ0) is 16.6. The van der Waals surface area contributed by atoms with Crippen LogP contribution in [0.15, 0.2) is 0 Å². The average Bonchev–Trinajstić information content (AvgIpc) is 2.31. The first-order valence-corrected chi connectivity index (χ1v) is 7.25. The predicted octanol–water partition coefficient (Wildman–Crippen LogP) is 2.55. The number of carboxylic acids is 1. The number of nitriles is 1. The van der Waals surface area contributed by atoms with Crippen LogP contribution in [0.25, 0.3) is 0 Å². The Morgan fingerprint density at radius 1 is 1.24 bits per heavy atom. The number of hydrogen-bond donors (Lipinski definition) is 1. The molecule has 0 aromatic carbocycles. The third-order valence-electron chi connectivity index (χ3n) is 2.94. The SMILES string of the molecule is CC(C)CN(CCC#N)C(=O)N(CCC(=O)O)C(C)(C)C. The van der Waals surface area contributed by atoms with E-state index in [1.165, 1.54) is 0 Å². The lowest BCUT2D eigenvalue weighted by Gasteiger charge is -2.39. The van der Waals surface area contributed by atoms with Gasteiger partial charge in [-0.1, -0.05) is 13.8 Å². The molecule has 0 aromatic heterocycles. The van der Waals surface area contributed by atoms with Gasteiger partial charge in [0.05, 0.1) is 18.9 Å². The summed E-state index contributed by atoms with van der Waals surface area (Å²) in [6, 6.07) is 1.85. The lowest BCUT2D eigenvalue weighted by Crippen LogP contribution is -2.53. The molecule has 0 aliphatic carbocycles. The zero-order valence-corrected chi connectivity index (χ0v) is 13.7. The van der Waals surface area contributed by atoms with Crippen LogP contribution in [-0.2, 0) is 4.79 Å². The fourth-order valence-electron chi connectivity index (χ4n) is 1.99. The number of nitrogens with zero attached hydrogens (tertiary/aromatic N) is 3. The largest absolute Gasteiger partial charge is 0.481 e. The monoisotopic (exact) mass is 297 g/mol. The molecule has 0 spiro atoms. The van der Waals surface area contributed by atoms with Crippen LogP contribution >= 0.6 is 0 Å². The van der Waals surface area contributed by atoms with Gasteiger partial charge in [-0.25, -0.2) is 4.79 Å². The quantitative estimate of drug-likeness (QED) is 0.782. The van der Waals surface area contributed by atoms with Gasteiger partial charge in [0.25, 0.3) is 0 Å². The van der Waals surface area contributed by atoms with Gasteiger partial charge in [-0.05, 0) is 26.7 Å². The van der Waals surface area contributed by atoms with Crippen LogP contribution in [0.2, 0.25) is 0 Å². The molecule has 0 heterocycles. The van der Waals surface area contributed by atoms with Crippen molar-refractivity contribution in [3.63, 3.8) is 0 Å². The Balaban J connectivity index is 5.09. The highest BCUT2D eigenvalue weighted by atomic mass is 16.4. The van der Waals surface area contributed by atoms with Gasteiger partial charge >= 0.3 is 12.0 Å². The van der Waals surface area contributed by atoms with Gasteiger partial charge in [0, 0.05) is 25.2 Å². The molecule has 0 fully saturated rings. The topological polar surface area (TPSA) is 84.6 Å². The van der Waals surface area contributed by atoms with Gasteiger partial charge in [0.15, 0.2) is 0 Å². The van der Waals surface area contributed by atoms with E-state index in [0.717, 1.165) is 0 Å². The highest BCUT2D eigenvalue weighted by molar-refractivity contribution is 5.76. The Bertz CT molecular complexity index is 394. The molecule has 2 amide bonds.